The number of benzene rings is 1. The average molecular weight is 285 g/mol. The van der Waals surface area contributed by atoms with Gasteiger partial charge in [-0.05, 0) is 37.6 Å². The van der Waals surface area contributed by atoms with Gasteiger partial charge in [0.25, 0.3) is 0 Å². The molecule has 1 rings (SSSR count). The van der Waals surface area contributed by atoms with Gasteiger partial charge in [-0.25, -0.2) is 0 Å². The van der Waals surface area contributed by atoms with Crippen molar-refractivity contribution in [1.82, 2.24) is 10.6 Å². The van der Waals surface area contributed by atoms with Gasteiger partial charge in [-0.1, -0.05) is 31.5 Å². The quantitative estimate of drug-likeness (QED) is 0.684. The van der Waals surface area contributed by atoms with Gasteiger partial charge in [0.2, 0.25) is 0 Å². The average Bonchev–Trinajstić information content (AvgIpc) is 2.33. The van der Waals surface area contributed by atoms with Gasteiger partial charge in [-0.3, -0.25) is 0 Å². The van der Waals surface area contributed by atoms with Crippen molar-refractivity contribution in [2.75, 3.05) is 26.2 Å². The normalized spacial score (nSPS) is 12.7. The van der Waals surface area contributed by atoms with Gasteiger partial charge in [0.1, 0.15) is 11.9 Å². The molecule has 1 aromatic carbocycles. The molecule has 0 aliphatic carbocycles. The van der Waals surface area contributed by atoms with E-state index in [9.17, 15) is 0 Å². The van der Waals surface area contributed by atoms with Gasteiger partial charge in [0.05, 0.1) is 0 Å². The van der Waals surface area contributed by atoms with Crippen LogP contribution in [0.1, 0.15) is 20.8 Å². The highest BCUT2D eigenvalue weighted by Crippen LogP contribution is 2.18. The molecule has 4 heteroatoms. The largest absolute Gasteiger partial charge is 0.489 e. The van der Waals surface area contributed by atoms with E-state index in [-0.39, 0.29) is 6.10 Å². The van der Waals surface area contributed by atoms with Crippen LogP contribution in [0.5, 0.6) is 5.75 Å². The Hall–Kier alpha value is -0.770. The molecule has 0 saturated carbocycles. The number of ether oxygens (including phenoxy) is 1. The maximum atomic E-state index is 5.91. The third-order valence-electron chi connectivity index (χ3n) is 2.60. The Bertz CT molecular complexity index is 358. The van der Waals surface area contributed by atoms with E-state index in [1.165, 1.54) is 0 Å². The highest BCUT2D eigenvalue weighted by atomic mass is 35.5. The van der Waals surface area contributed by atoms with Gasteiger partial charge >= 0.3 is 0 Å². The van der Waals surface area contributed by atoms with Crippen molar-refractivity contribution in [1.29, 1.82) is 0 Å². The topological polar surface area (TPSA) is 33.3 Å². The molecule has 108 valence electrons. The van der Waals surface area contributed by atoms with Crippen LogP contribution in [0.25, 0.3) is 0 Å². The highest BCUT2D eigenvalue weighted by Gasteiger charge is 2.03. The Morgan fingerprint density at radius 3 is 2.42 bits per heavy atom. The van der Waals surface area contributed by atoms with Crippen LogP contribution in [-0.2, 0) is 0 Å². The lowest BCUT2D eigenvalue weighted by atomic mass is 10.2. The predicted molar refractivity (Wildman–Crippen MR) is 82.1 cm³/mol. The molecule has 0 saturated heterocycles. The minimum atomic E-state index is 0.128. The SMILES string of the molecule is CC(C)CNCCNCC(C)Oc1cccc(Cl)c1. The van der Waals surface area contributed by atoms with Gasteiger partial charge in [-0.2, -0.15) is 0 Å². The van der Waals surface area contributed by atoms with Crippen molar-refractivity contribution in [2.45, 2.75) is 26.9 Å². The van der Waals surface area contributed by atoms with Gasteiger partial charge in [-0.15, -0.1) is 0 Å². The van der Waals surface area contributed by atoms with E-state index < -0.39 is 0 Å². The summed E-state index contributed by atoms with van der Waals surface area (Å²) in [6, 6.07) is 7.50. The fourth-order valence-electron chi connectivity index (χ4n) is 1.69. The molecule has 0 aromatic heterocycles. The molecule has 19 heavy (non-hydrogen) atoms. The number of halogens is 1. The fraction of sp³-hybridized carbons (Fsp3) is 0.600. The van der Waals surface area contributed by atoms with E-state index in [0.29, 0.717) is 10.9 Å². The van der Waals surface area contributed by atoms with Crippen molar-refractivity contribution in [3.8, 4) is 5.75 Å². The van der Waals surface area contributed by atoms with Crippen LogP contribution in [0.4, 0.5) is 0 Å². The smallest absolute Gasteiger partial charge is 0.121 e. The van der Waals surface area contributed by atoms with E-state index in [1.807, 2.05) is 24.3 Å². The summed E-state index contributed by atoms with van der Waals surface area (Å²) in [6.07, 6.45) is 0.128. The van der Waals surface area contributed by atoms with Crippen molar-refractivity contribution in [3.63, 3.8) is 0 Å². The third-order valence-corrected chi connectivity index (χ3v) is 2.83. The molecule has 0 heterocycles. The van der Waals surface area contributed by atoms with E-state index in [2.05, 4.69) is 31.4 Å². The summed E-state index contributed by atoms with van der Waals surface area (Å²) >= 11 is 5.91. The summed E-state index contributed by atoms with van der Waals surface area (Å²) in [5.41, 5.74) is 0. The molecular formula is C15H25ClN2O. The Balaban J connectivity index is 2.09. The second-order valence-electron chi connectivity index (χ2n) is 5.19. The van der Waals surface area contributed by atoms with Crippen molar-refractivity contribution < 1.29 is 4.74 Å². The van der Waals surface area contributed by atoms with E-state index in [1.54, 1.807) is 0 Å². The molecule has 0 amide bonds. The maximum Gasteiger partial charge on any atom is 0.121 e. The Morgan fingerprint density at radius 2 is 1.79 bits per heavy atom. The summed E-state index contributed by atoms with van der Waals surface area (Å²) in [7, 11) is 0. The molecular weight excluding hydrogens is 260 g/mol. The lowest BCUT2D eigenvalue weighted by Crippen LogP contribution is -2.34. The van der Waals surface area contributed by atoms with Crippen LogP contribution >= 0.6 is 11.6 Å². The monoisotopic (exact) mass is 284 g/mol. The first kappa shape index (κ1) is 16.3. The van der Waals surface area contributed by atoms with Crippen molar-refractivity contribution in [2.24, 2.45) is 5.92 Å². The predicted octanol–water partition coefficient (Wildman–Crippen LogP) is 2.94. The number of rotatable bonds is 9. The summed E-state index contributed by atoms with van der Waals surface area (Å²) in [5.74, 6) is 1.52. The Labute approximate surface area is 121 Å². The van der Waals surface area contributed by atoms with Crippen LogP contribution in [0.15, 0.2) is 24.3 Å². The summed E-state index contributed by atoms with van der Waals surface area (Å²) in [6.45, 7) is 10.3. The van der Waals surface area contributed by atoms with E-state index in [0.717, 1.165) is 31.9 Å². The lowest BCUT2D eigenvalue weighted by Gasteiger charge is -2.16. The molecule has 3 nitrogen and oxygen atoms in total. The summed E-state index contributed by atoms with van der Waals surface area (Å²) in [4.78, 5) is 0. The molecule has 2 N–H and O–H groups in total. The lowest BCUT2D eigenvalue weighted by molar-refractivity contribution is 0.217. The maximum absolute atomic E-state index is 5.91. The number of nitrogens with one attached hydrogen (secondary N) is 2. The zero-order valence-corrected chi connectivity index (χ0v) is 12.8. The molecule has 0 bridgehead atoms. The van der Waals surface area contributed by atoms with Gasteiger partial charge in [0, 0.05) is 24.7 Å². The summed E-state index contributed by atoms with van der Waals surface area (Å²) in [5, 5.41) is 7.47. The first-order chi connectivity index (χ1) is 9.08. The minimum absolute atomic E-state index is 0.128. The molecule has 1 atom stereocenters. The van der Waals surface area contributed by atoms with Crippen LogP contribution in [0.3, 0.4) is 0 Å². The zero-order valence-electron chi connectivity index (χ0n) is 12.1. The first-order valence-electron chi connectivity index (χ1n) is 6.91. The fourth-order valence-corrected chi connectivity index (χ4v) is 1.87. The molecule has 0 spiro atoms. The Kier molecular flexibility index (Phi) is 7.87. The first-order valence-corrected chi connectivity index (χ1v) is 7.29. The molecule has 0 aliphatic heterocycles. The zero-order chi connectivity index (χ0) is 14.1. The van der Waals surface area contributed by atoms with Crippen LogP contribution < -0.4 is 15.4 Å². The standard InChI is InChI=1S/C15H25ClN2O/c1-12(2)10-17-7-8-18-11-13(3)19-15-6-4-5-14(16)9-15/h4-6,9,12-13,17-18H,7-8,10-11H2,1-3H3. The molecule has 1 unspecified atom stereocenters. The van der Waals surface area contributed by atoms with Crippen LogP contribution in [-0.4, -0.2) is 32.3 Å². The number of hydrogen-bond acceptors (Lipinski definition) is 3. The molecule has 0 radical (unpaired) electrons. The van der Waals surface area contributed by atoms with Crippen LogP contribution in [0, 0.1) is 5.92 Å². The van der Waals surface area contributed by atoms with E-state index >= 15 is 0 Å². The van der Waals surface area contributed by atoms with Crippen molar-refractivity contribution >= 4 is 11.6 Å². The summed E-state index contributed by atoms with van der Waals surface area (Å²) < 4.78 is 5.77. The van der Waals surface area contributed by atoms with Gasteiger partial charge in [0.15, 0.2) is 0 Å². The minimum Gasteiger partial charge on any atom is -0.489 e. The third kappa shape index (κ3) is 8.09. The number of hydrogen-bond donors (Lipinski definition) is 2. The van der Waals surface area contributed by atoms with E-state index in [4.69, 9.17) is 16.3 Å². The molecule has 1 aromatic rings. The van der Waals surface area contributed by atoms with Gasteiger partial charge < -0.3 is 15.4 Å². The van der Waals surface area contributed by atoms with Crippen molar-refractivity contribution in [3.05, 3.63) is 29.3 Å². The van der Waals surface area contributed by atoms with Crippen LogP contribution in [0.2, 0.25) is 5.02 Å². The second-order valence-corrected chi connectivity index (χ2v) is 5.62. The molecule has 0 aliphatic rings. The molecule has 0 fully saturated rings. The second kappa shape index (κ2) is 9.18. The highest BCUT2D eigenvalue weighted by molar-refractivity contribution is 6.30. The Morgan fingerprint density at radius 1 is 1.11 bits per heavy atom.